The van der Waals surface area contributed by atoms with Crippen LogP contribution in [0.1, 0.15) is 32.8 Å². The van der Waals surface area contributed by atoms with Crippen LogP contribution in [-0.4, -0.2) is 39.3 Å². The summed E-state index contributed by atoms with van der Waals surface area (Å²) in [5, 5.41) is 4.99. The average molecular weight is 269 g/mol. The normalized spacial score (nSPS) is 13.5. The van der Waals surface area contributed by atoms with Gasteiger partial charge in [-0.2, -0.15) is 16.9 Å². The van der Waals surface area contributed by atoms with Gasteiger partial charge in [-0.25, -0.2) is 0 Å². The Bertz CT molecular complexity index is 336. The summed E-state index contributed by atoms with van der Waals surface area (Å²) in [6.45, 7) is 10.2. The molecule has 0 N–H and O–H groups in total. The molecule has 0 aliphatic carbocycles. The van der Waals surface area contributed by atoms with Crippen molar-refractivity contribution >= 4 is 11.8 Å². The molecule has 4 heteroatoms. The van der Waals surface area contributed by atoms with Crippen LogP contribution in [0.4, 0.5) is 0 Å². The molecule has 1 aromatic heterocycles. The maximum absolute atomic E-state index is 4.25. The molecule has 0 unspecified atom stereocenters. The SMILES string of the molecule is CS[C@H](C)CCN(Cc1cnn(C)c1)CC(C)C. The van der Waals surface area contributed by atoms with Gasteiger partial charge in [0.2, 0.25) is 0 Å². The van der Waals surface area contributed by atoms with Crippen LogP contribution in [-0.2, 0) is 13.6 Å². The molecule has 1 heterocycles. The summed E-state index contributed by atoms with van der Waals surface area (Å²) in [5.41, 5.74) is 1.31. The molecule has 104 valence electrons. The number of rotatable bonds is 8. The molecule has 1 rings (SSSR count). The highest BCUT2D eigenvalue weighted by molar-refractivity contribution is 7.99. The largest absolute Gasteiger partial charge is 0.299 e. The summed E-state index contributed by atoms with van der Waals surface area (Å²) in [6, 6.07) is 0. The highest BCUT2D eigenvalue weighted by Crippen LogP contribution is 2.13. The summed E-state index contributed by atoms with van der Waals surface area (Å²) in [4.78, 5) is 2.55. The van der Waals surface area contributed by atoms with Crippen LogP contribution in [0, 0.1) is 5.92 Å². The van der Waals surface area contributed by atoms with Crippen molar-refractivity contribution in [2.75, 3.05) is 19.3 Å². The lowest BCUT2D eigenvalue weighted by Gasteiger charge is -2.24. The van der Waals surface area contributed by atoms with E-state index < -0.39 is 0 Å². The summed E-state index contributed by atoms with van der Waals surface area (Å²) in [7, 11) is 1.98. The van der Waals surface area contributed by atoms with Crippen LogP contribution >= 0.6 is 11.8 Å². The predicted octanol–water partition coefficient (Wildman–Crippen LogP) is 3.02. The molecule has 1 atom stereocenters. The molecular weight excluding hydrogens is 242 g/mol. The topological polar surface area (TPSA) is 21.1 Å². The molecule has 0 amide bonds. The van der Waals surface area contributed by atoms with E-state index in [-0.39, 0.29) is 0 Å². The van der Waals surface area contributed by atoms with Crippen molar-refractivity contribution < 1.29 is 0 Å². The van der Waals surface area contributed by atoms with Gasteiger partial charge < -0.3 is 0 Å². The molecule has 1 aromatic rings. The Kier molecular flexibility index (Phi) is 6.79. The van der Waals surface area contributed by atoms with E-state index in [0.29, 0.717) is 5.92 Å². The van der Waals surface area contributed by atoms with Gasteiger partial charge in [0.1, 0.15) is 0 Å². The number of nitrogens with zero attached hydrogens (tertiary/aromatic N) is 3. The number of thioether (sulfide) groups is 1. The van der Waals surface area contributed by atoms with Gasteiger partial charge in [-0.15, -0.1) is 0 Å². The standard InChI is InChI=1S/C14H27N3S/c1-12(2)9-17(7-6-13(3)18-5)11-14-8-15-16(4)10-14/h8,10,12-13H,6-7,9,11H2,1-5H3/t13-/m1/s1. The number of aromatic nitrogens is 2. The molecule has 0 aliphatic rings. The molecule has 3 nitrogen and oxygen atoms in total. The Labute approximate surface area is 116 Å². The van der Waals surface area contributed by atoms with E-state index in [0.717, 1.165) is 18.3 Å². The van der Waals surface area contributed by atoms with Crippen LogP contribution in [0.25, 0.3) is 0 Å². The Hall–Kier alpha value is -0.480. The first kappa shape index (κ1) is 15.6. The van der Waals surface area contributed by atoms with E-state index in [1.807, 2.05) is 29.7 Å². The minimum Gasteiger partial charge on any atom is -0.299 e. The Balaban J connectivity index is 2.49. The minimum absolute atomic E-state index is 0.714. The maximum Gasteiger partial charge on any atom is 0.0534 e. The van der Waals surface area contributed by atoms with Gasteiger partial charge in [0.05, 0.1) is 6.20 Å². The van der Waals surface area contributed by atoms with Gasteiger partial charge in [0, 0.05) is 37.1 Å². The summed E-state index contributed by atoms with van der Waals surface area (Å²) >= 11 is 1.95. The van der Waals surface area contributed by atoms with E-state index in [9.17, 15) is 0 Å². The van der Waals surface area contributed by atoms with E-state index in [1.54, 1.807) is 0 Å². The molecule has 0 bridgehead atoms. The van der Waals surface area contributed by atoms with Crippen molar-refractivity contribution in [3.63, 3.8) is 0 Å². The van der Waals surface area contributed by atoms with E-state index >= 15 is 0 Å². The smallest absolute Gasteiger partial charge is 0.0534 e. The number of hydrogen-bond donors (Lipinski definition) is 0. The van der Waals surface area contributed by atoms with Crippen LogP contribution < -0.4 is 0 Å². The summed E-state index contributed by atoms with van der Waals surface area (Å²) in [6.07, 6.45) is 7.55. The fourth-order valence-corrected chi connectivity index (χ4v) is 2.39. The van der Waals surface area contributed by atoms with Crippen molar-refractivity contribution in [2.24, 2.45) is 13.0 Å². The quantitative estimate of drug-likeness (QED) is 0.724. The zero-order valence-electron chi connectivity index (χ0n) is 12.4. The monoisotopic (exact) mass is 269 g/mol. The molecule has 0 aliphatic heterocycles. The van der Waals surface area contributed by atoms with Gasteiger partial charge >= 0.3 is 0 Å². The lowest BCUT2D eigenvalue weighted by Crippen LogP contribution is -2.29. The van der Waals surface area contributed by atoms with Gasteiger partial charge in [-0.1, -0.05) is 20.8 Å². The van der Waals surface area contributed by atoms with Gasteiger partial charge in [0.25, 0.3) is 0 Å². The number of aryl methyl sites for hydroxylation is 1. The van der Waals surface area contributed by atoms with Crippen molar-refractivity contribution in [2.45, 2.75) is 39.0 Å². The van der Waals surface area contributed by atoms with Crippen LogP contribution in [0.15, 0.2) is 12.4 Å². The van der Waals surface area contributed by atoms with Crippen LogP contribution in [0.2, 0.25) is 0 Å². The van der Waals surface area contributed by atoms with E-state index in [4.69, 9.17) is 0 Å². The van der Waals surface area contributed by atoms with Gasteiger partial charge in [-0.05, 0) is 25.1 Å². The average Bonchev–Trinajstić information content (AvgIpc) is 2.70. The summed E-state index contributed by atoms with van der Waals surface area (Å²) < 4.78 is 1.88. The number of hydrogen-bond acceptors (Lipinski definition) is 3. The highest BCUT2D eigenvalue weighted by atomic mass is 32.2. The third-order valence-corrected chi connectivity index (χ3v) is 4.08. The zero-order valence-corrected chi connectivity index (χ0v) is 13.2. The molecule has 18 heavy (non-hydrogen) atoms. The van der Waals surface area contributed by atoms with E-state index in [2.05, 4.69) is 43.2 Å². The molecule has 0 saturated carbocycles. The first-order chi connectivity index (χ1) is 8.51. The second kappa shape index (κ2) is 7.85. The first-order valence-corrected chi connectivity index (χ1v) is 8.02. The molecule has 0 aromatic carbocycles. The maximum atomic E-state index is 4.25. The third-order valence-electron chi connectivity index (χ3n) is 3.04. The molecule has 0 spiro atoms. The van der Waals surface area contributed by atoms with E-state index in [1.165, 1.54) is 18.5 Å². The highest BCUT2D eigenvalue weighted by Gasteiger charge is 2.11. The third kappa shape index (κ3) is 5.91. The summed E-state index contributed by atoms with van der Waals surface area (Å²) in [5.74, 6) is 0.714. The van der Waals surface area contributed by atoms with Crippen molar-refractivity contribution in [3.05, 3.63) is 18.0 Å². The second-order valence-electron chi connectivity index (χ2n) is 5.49. The fraction of sp³-hybridized carbons (Fsp3) is 0.786. The first-order valence-electron chi connectivity index (χ1n) is 6.74. The Morgan fingerprint density at radius 1 is 1.39 bits per heavy atom. The second-order valence-corrected chi connectivity index (χ2v) is 6.76. The Morgan fingerprint density at radius 2 is 2.11 bits per heavy atom. The zero-order chi connectivity index (χ0) is 13.5. The molecule has 0 fully saturated rings. The molecular formula is C14H27N3S. The molecule has 0 saturated heterocycles. The fourth-order valence-electron chi connectivity index (χ4n) is 2.05. The van der Waals surface area contributed by atoms with Crippen LogP contribution in [0.3, 0.4) is 0 Å². The minimum atomic E-state index is 0.714. The lowest BCUT2D eigenvalue weighted by molar-refractivity contribution is 0.233. The van der Waals surface area contributed by atoms with Gasteiger partial charge in [0.15, 0.2) is 0 Å². The van der Waals surface area contributed by atoms with Gasteiger partial charge in [-0.3, -0.25) is 9.58 Å². The predicted molar refractivity (Wildman–Crippen MR) is 80.9 cm³/mol. The van der Waals surface area contributed by atoms with Crippen molar-refractivity contribution in [1.29, 1.82) is 0 Å². The molecule has 0 radical (unpaired) electrons. The Morgan fingerprint density at radius 3 is 2.61 bits per heavy atom. The lowest BCUT2D eigenvalue weighted by atomic mass is 10.2. The van der Waals surface area contributed by atoms with Crippen LogP contribution in [0.5, 0.6) is 0 Å². The van der Waals surface area contributed by atoms with Crippen molar-refractivity contribution in [1.82, 2.24) is 14.7 Å². The van der Waals surface area contributed by atoms with Crippen molar-refractivity contribution in [3.8, 4) is 0 Å².